The summed E-state index contributed by atoms with van der Waals surface area (Å²) in [6.07, 6.45) is 1.66. The summed E-state index contributed by atoms with van der Waals surface area (Å²) in [6.45, 7) is 2.04. The zero-order valence-electron chi connectivity index (χ0n) is 13.3. The van der Waals surface area contributed by atoms with Crippen LogP contribution in [0.1, 0.15) is 28.7 Å². The SMILES string of the molecule is CCCc1nnsc1C(=O)Nc1nc(-c2cccc(OC)c2)cs1. The van der Waals surface area contributed by atoms with Gasteiger partial charge in [0.2, 0.25) is 0 Å². The number of anilines is 1. The smallest absolute Gasteiger partial charge is 0.271 e. The molecule has 0 bridgehead atoms. The summed E-state index contributed by atoms with van der Waals surface area (Å²) >= 11 is 2.49. The number of nitrogens with one attached hydrogen (secondary N) is 1. The largest absolute Gasteiger partial charge is 0.497 e. The van der Waals surface area contributed by atoms with Crippen LogP contribution in [0.3, 0.4) is 0 Å². The molecule has 0 fully saturated rings. The van der Waals surface area contributed by atoms with Crippen LogP contribution < -0.4 is 10.1 Å². The van der Waals surface area contributed by atoms with Crippen LogP contribution in [0.15, 0.2) is 29.6 Å². The van der Waals surface area contributed by atoms with Gasteiger partial charge in [0.05, 0.1) is 18.5 Å². The molecule has 1 aromatic carbocycles. The maximum atomic E-state index is 12.4. The van der Waals surface area contributed by atoms with E-state index in [4.69, 9.17) is 4.74 Å². The molecule has 8 heteroatoms. The van der Waals surface area contributed by atoms with Gasteiger partial charge in [0.15, 0.2) is 5.13 Å². The standard InChI is InChI=1S/C16H16N4O2S2/c1-3-5-12-14(24-20-19-12)15(21)18-16-17-13(9-23-16)10-6-4-7-11(8-10)22-2/h4,6-9H,3,5H2,1-2H3,(H,17,18,21). The van der Waals surface area contributed by atoms with Crippen molar-refractivity contribution in [3.8, 4) is 17.0 Å². The minimum atomic E-state index is -0.208. The third-order valence-corrected chi connectivity index (χ3v) is 4.86. The molecule has 3 aromatic rings. The number of methoxy groups -OCH3 is 1. The summed E-state index contributed by atoms with van der Waals surface area (Å²) in [5.41, 5.74) is 2.48. The molecule has 0 spiro atoms. The molecule has 0 radical (unpaired) electrons. The minimum Gasteiger partial charge on any atom is -0.497 e. The van der Waals surface area contributed by atoms with Gasteiger partial charge in [-0.15, -0.1) is 16.4 Å². The fraction of sp³-hybridized carbons (Fsp3) is 0.250. The number of ether oxygens (including phenoxy) is 1. The van der Waals surface area contributed by atoms with Crippen LogP contribution in [-0.2, 0) is 6.42 Å². The van der Waals surface area contributed by atoms with Crippen LogP contribution >= 0.6 is 22.9 Å². The van der Waals surface area contributed by atoms with Gasteiger partial charge in [-0.05, 0) is 30.1 Å². The van der Waals surface area contributed by atoms with Gasteiger partial charge >= 0.3 is 0 Å². The second-order valence-corrected chi connectivity index (χ2v) is 6.63. The number of aromatic nitrogens is 3. The van der Waals surface area contributed by atoms with Gasteiger partial charge in [0.25, 0.3) is 5.91 Å². The summed E-state index contributed by atoms with van der Waals surface area (Å²) in [5.74, 6) is 0.561. The van der Waals surface area contributed by atoms with Crippen LogP contribution in [0.4, 0.5) is 5.13 Å². The molecule has 2 aromatic heterocycles. The number of thiazole rings is 1. The number of carbonyl (C=O) groups excluding carboxylic acids is 1. The van der Waals surface area contributed by atoms with E-state index in [-0.39, 0.29) is 5.91 Å². The molecular weight excluding hydrogens is 344 g/mol. The number of aryl methyl sites for hydroxylation is 1. The molecule has 6 nitrogen and oxygen atoms in total. The molecule has 3 rings (SSSR count). The van der Waals surface area contributed by atoms with E-state index >= 15 is 0 Å². The molecule has 0 saturated heterocycles. The quantitative estimate of drug-likeness (QED) is 0.722. The van der Waals surface area contributed by atoms with E-state index < -0.39 is 0 Å². The zero-order valence-corrected chi connectivity index (χ0v) is 14.9. The number of hydrogen-bond acceptors (Lipinski definition) is 7. The molecule has 0 saturated carbocycles. The van der Waals surface area contributed by atoms with Crippen molar-refractivity contribution >= 4 is 33.9 Å². The first kappa shape index (κ1) is 16.5. The topological polar surface area (TPSA) is 77.0 Å². The number of hydrogen-bond donors (Lipinski definition) is 1. The Hall–Kier alpha value is -2.32. The van der Waals surface area contributed by atoms with Crippen LogP contribution in [0.2, 0.25) is 0 Å². The highest BCUT2D eigenvalue weighted by Crippen LogP contribution is 2.28. The second-order valence-electron chi connectivity index (χ2n) is 5.02. The lowest BCUT2D eigenvalue weighted by Gasteiger charge is -2.02. The monoisotopic (exact) mass is 360 g/mol. The van der Waals surface area contributed by atoms with Crippen LogP contribution in [-0.4, -0.2) is 27.6 Å². The molecule has 0 aliphatic carbocycles. The molecule has 0 aliphatic rings. The molecule has 24 heavy (non-hydrogen) atoms. The summed E-state index contributed by atoms with van der Waals surface area (Å²) in [7, 11) is 1.63. The molecule has 0 unspecified atom stereocenters. The first-order valence-corrected chi connectivity index (χ1v) is 9.09. The number of nitrogens with zero attached hydrogens (tertiary/aromatic N) is 3. The fourth-order valence-electron chi connectivity index (χ4n) is 2.18. The molecule has 1 N–H and O–H groups in total. The fourth-order valence-corrected chi connectivity index (χ4v) is 3.50. The lowest BCUT2D eigenvalue weighted by molar-refractivity contribution is 0.102. The highest BCUT2D eigenvalue weighted by molar-refractivity contribution is 7.14. The predicted octanol–water partition coefficient (Wildman–Crippen LogP) is 3.88. The highest BCUT2D eigenvalue weighted by atomic mass is 32.1. The van der Waals surface area contributed by atoms with E-state index in [0.29, 0.717) is 10.0 Å². The Kier molecular flexibility index (Phi) is 5.17. The lowest BCUT2D eigenvalue weighted by atomic mass is 10.2. The maximum absolute atomic E-state index is 12.4. The Bertz CT molecular complexity index is 844. The van der Waals surface area contributed by atoms with E-state index in [2.05, 4.69) is 19.9 Å². The molecule has 124 valence electrons. The van der Waals surface area contributed by atoms with E-state index in [0.717, 1.165) is 47.1 Å². The molecule has 1 amide bonds. The van der Waals surface area contributed by atoms with Crippen molar-refractivity contribution in [2.75, 3.05) is 12.4 Å². The van der Waals surface area contributed by atoms with Crippen molar-refractivity contribution in [2.45, 2.75) is 19.8 Å². The van der Waals surface area contributed by atoms with E-state index in [1.807, 2.05) is 36.6 Å². The van der Waals surface area contributed by atoms with Crippen molar-refractivity contribution in [3.63, 3.8) is 0 Å². The lowest BCUT2D eigenvalue weighted by Crippen LogP contribution is -2.12. The molecule has 0 atom stereocenters. The third-order valence-electron chi connectivity index (χ3n) is 3.34. The van der Waals surface area contributed by atoms with Crippen molar-refractivity contribution < 1.29 is 9.53 Å². The first-order chi connectivity index (χ1) is 11.7. The van der Waals surface area contributed by atoms with Crippen molar-refractivity contribution in [2.24, 2.45) is 0 Å². The summed E-state index contributed by atoms with van der Waals surface area (Å²) in [6, 6.07) is 7.65. The van der Waals surface area contributed by atoms with Gasteiger partial charge < -0.3 is 4.74 Å². The van der Waals surface area contributed by atoms with Gasteiger partial charge in [-0.3, -0.25) is 10.1 Å². The van der Waals surface area contributed by atoms with Gasteiger partial charge in [-0.1, -0.05) is 30.0 Å². The number of carbonyl (C=O) groups is 1. The Balaban J connectivity index is 1.76. The Morgan fingerprint density at radius 1 is 1.38 bits per heavy atom. The van der Waals surface area contributed by atoms with Gasteiger partial charge in [0, 0.05) is 10.9 Å². The van der Waals surface area contributed by atoms with Gasteiger partial charge in [-0.25, -0.2) is 4.98 Å². The minimum absolute atomic E-state index is 0.208. The maximum Gasteiger partial charge on any atom is 0.271 e. The van der Waals surface area contributed by atoms with Gasteiger partial charge in [-0.2, -0.15) is 0 Å². The summed E-state index contributed by atoms with van der Waals surface area (Å²) < 4.78 is 9.10. The third kappa shape index (κ3) is 3.60. The highest BCUT2D eigenvalue weighted by Gasteiger charge is 2.17. The van der Waals surface area contributed by atoms with Crippen molar-refractivity contribution in [3.05, 3.63) is 40.2 Å². The van der Waals surface area contributed by atoms with Crippen LogP contribution in [0, 0.1) is 0 Å². The van der Waals surface area contributed by atoms with E-state index in [1.54, 1.807) is 7.11 Å². The van der Waals surface area contributed by atoms with Crippen molar-refractivity contribution in [1.82, 2.24) is 14.6 Å². The average molecular weight is 360 g/mol. The Morgan fingerprint density at radius 3 is 3.04 bits per heavy atom. The predicted molar refractivity (Wildman–Crippen MR) is 96.0 cm³/mol. The average Bonchev–Trinajstić information content (AvgIpc) is 3.25. The molecular formula is C16H16N4O2S2. The van der Waals surface area contributed by atoms with Crippen LogP contribution in [0.25, 0.3) is 11.3 Å². The van der Waals surface area contributed by atoms with E-state index in [9.17, 15) is 4.79 Å². The second kappa shape index (κ2) is 7.50. The normalized spacial score (nSPS) is 10.6. The van der Waals surface area contributed by atoms with Crippen LogP contribution in [0.5, 0.6) is 5.75 Å². The number of rotatable bonds is 6. The number of benzene rings is 1. The Labute approximate surface area is 147 Å². The Morgan fingerprint density at radius 2 is 2.25 bits per heavy atom. The van der Waals surface area contributed by atoms with Gasteiger partial charge in [0.1, 0.15) is 10.6 Å². The molecule has 0 aliphatic heterocycles. The first-order valence-electron chi connectivity index (χ1n) is 7.43. The molecule has 2 heterocycles. The number of amides is 1. The zero-order chi connectivity index (χ0) is 16.9. The van der Waals surface area contributed by atoms with E-state index in [1.165, 1.54) is 11.3 Å². The summed E-state index contributed by atoms with van der Waals surface area (Å²) in [4.78, 5) is 17.4. The summed E-state index contributed by atoms with van der Waals surface area (Å²) in [5, 5.41) is 9.30. The van der Waals surface area contributed by atoms with Crippen molar-refractivity contribution in [1.29, 1.82) is 0 Å².